The Morgan fingerprint density at radius 1 is 1.55 bits per heavy atom. The SMILES string of the molecule is COC1C(O)CSSC1(C)C. The van der Waals surface area contributed by atoms with E-state index in [1.165, 1.54) is 0 Å². The first-order valence-corrected chi connectivity index (χ1v) is 5.91. The van der Waals surface area contributed by atoms with E-state index < -0.39 is 0 Å². The highest BCUT2D eigenvalue weighted by Crippen LogP contribution is 2.45. The predicted octanol–water partition coefficient (Wildman–Crippen LogP) is 1.54. The normalized spacial score (nSPS) is 37.1. The van der Waals surface area contributed by atoms with Crippen LogP contribution in [0, 0.1) is 0 Å². The van der Waals surface area contributed by atoms with E-state index in [0.29, 0.717) is 0 Å². The van der Waals surface area contributed by atoms with Gasteiger partial charge in [0.05, 0.1) is 12.2 Å². The molecule has 11 heavy (non-hydrogen) atoms. The summed E-state index contributed by atoms with van der Waals surface area (Å²) < 4.78 is 5.26. The predicted molar refractivity (Wildman–Crippen MR) is 50.9 cm³/mol. The molecule has 1 rings (SSSR count). The summed E-state index contributed by atoms with van der Waals surface area (Å²) in [5.74, 6) is 0.770. The molecule has 2 nitrogen and oxygen atoms in total. The van der Waals surface area contributed by atoms with Gasteiger partial charge < -0.3 is 9.84 Å². The number of hydrogen-bond acceptors (Lipinski definition) is 4. The van der Waals surface area contributed by atoms with Crippen LogP contribution in [-0.2, 0) is 4.74 Å². The van der Waals surface area contributed by atoms with Gasteiger partial charge in [-0.05, 0) is 13.8 Å². The minimum Gasteiger partial charge on any atom is -0.389 e. The van der Waals surface area contributed by atoms with E-state index in [2.05, 4.69) is 13.8 Å². The van der Waals surface area contributed by atoms with Gasteiger partial charge >= 0.3 is 0 Å². The Bertz CT molecular complexity index is 138. The summed E-state index contributed by atoms with van der Waals surface area (Å²) in [6.45, 7) is 4.20. The molecule has 0 aromatic heterocycles. The van der Waals surface area contributed by atoms with Crippen molar-refractivity contribution in [1.29, 1.82) is 0 Å². The highest BCUT2D eigenvalue weighted by molar-refractivity contribution is 8.77. The van der Waals surface area contributed by atoms with Crippen LogP contribution in [-0.4, -0.2) is 34.9 Å². The second-order valence-corrected chi connectivity index (χ2v) is 6.19. The molecule has 1 N–H and O–H groups in total. The molecule has 1 fully saturated rings. The maximum atomic E-state index is 9.55. The van der Waals surface area contributed by atoms with Gasteiger partial charge in [0.15, 0.2) is 0 Å². The molecular weight excluding hydrogens is 180 g/mol. The number of ether oxygens (including phenoxy) is 1. The molecule has 1 aliphatic rings. The van der Waals surface area contributed by atoms with Crippen LogP contribution in [0.1, 0.15) is 13.8 Å². The minimum atomic E-state index is -0.318. The first-order valence-electron chi connectivity index (χ1n) is 3.59. The van der Waals surface area contributed by atoms with Crippen molar-refractivity contribution in [2.24, 2.45) is 0 Å². The number of aliphatic hydroxyl groups is 1. The molecule has 0 spiro atoms. The van der Waals surface area contributed by atoms with Gasteiger partial charge in [-0.1, -0.05) is 21.6 Å². The van der Waals surface area contributed by atoms with Crippen molar-refractivity contribution in [2.45, 2.75) is 30.8 Å². The van der Waals surface area contributed by atoms with Crippen LogP contribution in [0.3, 0.4) is 0 Å². The van der Waals surface area contributed by atoms with Gasteiger partial charge in [-0.2, -0.15) is 0 Å². The molecule has 66 valence electrons. The van der Waals surface area contributed by atoms with Gasteiger partial charge in [-0.25, -0.2) is 0 Å². The first-order chi connectivity index (χ1) is 5.08. The van der Waals surface area contributed by atoms with Crippen LogP contribution < -0.4 is 0 Å². The van der Waals surface area contributed by atoms with E-state index >= 15 is 0 Å². The number of aliphatic hydroxyl groups excluding tert-OH is 1. The lowest BCUT2D eigenvalue weighted by Crippen LogP contribution is -2.47. The fraction of sp³-hybridized carbons (Fsp3) is 1.00. The van der Waals surface area contributed by atoms with E-state index in [0.717, 1.165) is 5.75 Å². The van der Waals surface area contributed by atoms with Gasteiger partial charge in [-0.15, -0.1) is 0 Å². The highest BCUT2D eigenvalue weighted by atomic mass is 33.1. The number of hydrogen-bond donors (Lipinski definition) is 1. The van der Waals surface area contributed by atoms with Gasteiger partial charge in [-0.3, -0.25) is 0 Å². The second-order valence-electron chi connectivity index (χ2n) is 3.19. The summed E-state index contributed by atoms with van der Waals surface area (Å²) in [5, 5.41) is 9.55. The van der Waals surface area contributed by atoms with Gasteiger partial charge in [0, 0.05) is 17.6 Å². The number of rotatable bonds is 1. The lowest BCUT2D eigenvalue weighted by molar-refractivity contribution is -0.0171. The minimum absolute atomic E-state index is 0.0249. The zero-order valence-electron chi connectivity index (χ0n) is 7.03. The Hall–Kier alpha value is 0.620. The van der Waals surface area contributed by atoms with Crippen LogP contribution in [0.4, 0.5) is 0 Å². The number of methoxy groups -OCH3 is 1. The summed E-state index contributed by atoms with van der Waals surface area (Å²) in [6.07, 6.45) is -0.352. The maximum absolute atomic E-state index is 9.55. The van der Waals surface area contributed by atoms with Crippen LogP contribution in [0.15, 0.2) is 0 Å². The molecule has 0 bridgehead atoms. The summed E-state index contributed by atoms with van der Waals surface area (Å²) in [5.41, 5.74) is 0. The van der Waals surface area contributed by atoms with Gasteiger partial charge in [0.1, 0.15) is 0 Å². The molecule has 0 radical (unpaired) electrons. The van der Waals surface area contributed by atoms with Crippen molar-refractivity contribution < 1.29 is 9.84 Å². The molecule has 0 aliphatic carbocycles. The molecule has 0 aromatic carbocycles. The highest BCUT2D eigenvalue weighted by Gasteiger charge is 2.39. The summed E-state index contributed by atoms with van der Waals surface area (Å²) >= 11 is 0. The van der Waals surface area contributed by atoms with E-state index in [1.807, 2.05) is 0 Å². The third-order valence-corrected chi connectivity index (χ3v) is 5.11. The zero-order valence-corrected chi connectivity index (χ0v) is 8.67. The van der Waals surface area contributed by atoms with E-state index in [4.69, 9.17) is 4.74 Å². The Morgan fingerprint density at radius 3 is 2.55 bits per heavy atom. The first kappa shape index (κ1) is 9.71. The van der Waals surface area contributed by atoms with Crippen LogP contribution in [0.2, 0.25) is 0 Å². The van der Waals surface area contributed by atoms with Crippen molar-refractivity contribution >= 4 is 21.6 Å². The monoisotopic (exact) mass is 194 g/mol. The molecule has 0 aromatic rings. The molecule has 4 heteroatoms. The zero-order chi connectivity index (χ0) is 8.48. The quantitative estimate of drug-likeness (QED) is 0.641. The van der Waals surface area contributed by atoms with Crippen molar-refractivity contribution in [1.82, 2.24) is 0 Å². The smallest absolute Gasteiger partial charge is 0.0987 e. The molecule has 0 amide bonds. The third-order valence-electron chi connectivity index (χ3n) is 1.80. The molecule has 1 aliphatic heterocycles. The molecule has 0 saturated carbocycles. The maximum Gasteiger partial charge on any atom is 0.0987 e. The van der Waals surface area contributed by atoms with E-state index in [9.17, 15) is 5.11 Å². The average Bonchev–Trinajstić information content (AvgIpc) is 1.86. The van der Waals surface area contributed by atoms with Gasteiger partial charge in [0.25, 0.3) is 0 Å². The lowest BCUT2D eigenvalue weighted by atomic mass is 10.0. The molecule has 1 heterocycles. The summed E-state index contributed by atoms with van der Waals surface area (Å²) in [4.78, 5) is 0. The Kier molecular flexibility index (Phi) is 3.14. The lowest BCUT2D eigenvalue weighted by Gasteiger charge is -2.39. The molecule has 2 atom stereocenters. The van der Waals surface area contributed by atoms with Crippen LogP contribution in [0.25, 0.3) is 0 Å². The molecular formula is C7H14O2S2. The molecule has 1 saturated heterocycles. The van der Waals surface area contributed by atoms with Gasteiger partial charge in [0.2, 0.25) is 0 Å². The average molecular weight is 194 g/mol. The standard InChI is InChI=1S/C7H14O2S2/c1-7(2)6(9-3)5(8)4-10-11-7/h5-6,8H,4H2,1-3H3. The van der Waals surface area contributed by atoms with Crippen LogP contribution in [0.5, 0.6) is 0 Å². The van der Waals surface area contributed by atoms with Crippen LogP contribution >= 0.6 is 21.6 Å². The Labute approximate surface area is 75.5 Å². The van der Waals surface area contributed by atoms with Crippen molar-refractivity contribution in [3.8, 4) is 0 Å². The fourth-order valence-electron chi connectivity index (χ4n) is 1.29. The van der Waals surface area contributed by atoms with Crippen molar-refractivity contribution in [3.05, 3.63) is 0 Å². The summed E-state index contributed by atoms with van der Waals surface area (Å²) in [7, 11) is 5.16. The topological polar surface area (TPSA) is 29.5 Å². The third kappa shape index (κ3) is 2.05. The van der Waals surface area contributed by atoms with E-state index in [1.54, 1.807) is 28.7 Å². The summed E-state index contributed by atoms with van der Waals surface area (Å²) in [6, 6.07) is 0. The van der Waals surface area contributed by atoms with Crippen molar-refractivity contribution in [2.75, 3.05) is 12.9 Å². The Balaban J connectivity index is 2.64. The Morgan fingerprint density at radius 2 is 2.18 bits per heavy atom. The fourth-order valence-corrected chi connectivity index (χ4v) is 4.15. The van der Waals surface area contributed by atoms with E-state index in [-0.39, 0.29) is 17.0 Å². The largest absolute Gasteiger partial charge is 0.389 e. The van der Waals surface area contributed by atoms with Crippen molar-refractivity contribution in [3.63, 3.8) is 0 Å². The second kappa shape index (κ2) is 3.56. The molecule has 2 unspecified atom stereocenters.